The van der Waals surface area contributed by atoms with Gasteiger partial charge in [0.05, 0.1) is 6.54 Å². The monoisotopic (exact) mass is 430 g/mol. The first-order valence-electron chi connectivity index (χ1n) is 8.22. The van der Waals surface area contributed by atoms with Crippen LogP contribution < -0.4 is 0 Å². The molecule has 0 atom stereocenters. The Bertz CT molecular complexity index is 562. The Morgan fingerprint density at radius 3 is 2.00 bits per heavy atom. The molecule has 0 spiro atoms. The Balaban J connectivity index is 0.00000178. The van der Waals surface area contributed by atoms with Crippen LogP contribution in [-0.4, -0.2) is 43.4 Å². The van der Waals surface area contributed by atoms with E-state index in [0.717, 1.165) is 24.2 Å². The number of hydrogen-bond donors (Lipinski definition) is 1. The fourth-order valence-electron chi connectivity index (χ4n) is 2.18. The van der Waals surface area contributed by atoms with Gasteiger partial charge in [-0.1, -0.05) is 47.6 Å². The van der Waals surface area contributed by atoms with Crippen molar-refractivity contribution in [2.45, 2.75) is 52.4 Å². The number of phenols is 1. The van der Waals surface area contributed by atoms with Crippen molar-refractivity contribution in [2.24, 2.45) is 4.99 Å². The summed E-state index contributed by atoms with van der Waals surface area (Å²) in [6, 6.07) is 4.19. The van der Waals surface area contributed by atoms with Gasteiger partial charge in [0.2, 0.25) is 0 Å². The summed E-state index contributed by atoms with van der Waals surface area (Å²) in [6.45, 7) is 14.6. The number of rotatable bonds is 4. The molecule has 0 saturated carbocycles. The normalized spacial score (nSPS) is 12.4. The fraction of sp³-hybridized carbons (Fsp3) is 0.632. The fourth-order valence-corrected chi connectivity index (χ4v) is 2.18. The summed E-state index contributed by atoms with van der Waals surface area (Å²) < 4.78 is 0. The topological polar surface area (TPSA) is 35.8 Å². The van der Waals surface area contributed by atoms with Crippen LogP contribution in [0.25, 0.3) is 0 Å². The van der Waals surface area contributed by atoms with E-state index in [0.29, 0.717) is 5.75 Å². The SMILES string of the molecule is CN(C)CCN=Cc1cc(C(C)(C)C)cc(C(C)(C)C)c1O.[Cl][Fe+][Cl]. The Morgan fingerprint density at radius 2 is 1.60 bits per heavy atom. The third-order valence-electron chi connectivity index (χ3n) is 3.72. The molecule has 0 saturated heterocycles. The molecule has 0 amide bonds. The van der Waals surface area contributed by atoms with Crippen LogP contribution in [0.3, 0.4) is 0 Å². The number of likely N-dealkylation sites (N-methyl/N-ethyl adjacent to an activating group) is 1. The number of nitrogens with zero attached hydrogens (tertiary/aromatic N) is 2. The van der Waals surface area contributed by atoms with Crippen molar-refractivity contribution < 1.29 is 18.2 Å². The maximum absolute atomic E-state index is 10.6. The standard InChI is InChI=1S/C19H32N2O.2ClH.Fe/c1-18(2,3)15-11-14(13-20-9-10-21(7)8)17(22)16(12-15)19(4,5)6;;;/h11-13,22H,9-10H2,1-8H3;2*1H;/q;;;+3/p-2. The Hall–Kier alpha value is -0.251. The van der Waals surface area contributed by atoms with Crippen molar-refractivity contribution in [2.75, 3.05) is 27.2 Å². The van der Waals surface area contributed by atoms with Crippen molar-refractivity contribution in [3.8, 4) is 5.75 Å². The van der Waals surface area contributed by atoms with Gasteiger partial charge in [-0.15, -0.1) is 0 Å². The number of aromatic hydroxyl groups is 1. The van der Waals surface area contributed by atoms with Gasteiger partial charge < -0.3 is 10.0 Å². The summed E-state index contributed by atoms with van der Waals surface area (Å²) in [6.07, 6.45) is 1.81. The average Bonchev–Trinajstić information content (AvgIpc) is 2.43. The van der Waals surface area contributed by atoms with Crippen LogP contribution in [0.1, 0.15) is 58.2 Å². The molecule has 0 unspecified atom stereocenters. The van der Waals surface area contributed by atoms with Gasteiger partial charge in [-0.05, 0) is 36.6 Å². The molecule has 1 N–H and O–H groups in total. The van der Waals surface area contributed by atoms with Crippen LogP contribution >= 0.6 is 20.2 Å². The summed E-state index contributed by atoms with van der Waals surface area (Å²) in [5.41, 5.74) is 2.96. The third kappa shape index (κ3) is 9.30. The molecule has 0 radical (unpaired) electrons. The third-order valence-corrected chi connectivity index (χ3v) is 3.72. The van der Waals surface area contributed by atoms with Crippen molar-refractivity contribution in [1.29, 1.82) is 0 Å². The van der Waals surface area contributed by atoms with Crippen molar-refractivity contribution in [3.63, 3.8) is 0 Å². The molecule has 0 aliphatic carbocycles. The first-order valence-corrected chi connectivity index (χ1v) is 11.3. The average molecular weight is 431 g/mol. The number of benzene rings is 1. The zero-order valence-corrected chi connectivity index (χ0v) is 19.2. The van der Waals surface area contributed by atoms with Crippen LogP contribution in [0.2, 0.25) is 0 Å². The predicted octanol–water partition coefficient (Wildman–Crippen LogP) is 5.34. The molecule has 1 aromatic rings. The molecule has 0 heterocycles. The van der Waals surface area contributed by atoms with Crippen LogP contribution in [0.5, 0.6) is 5.75 Å². The van der Waals surface area contributed by atoms with Gasteiger partial charge in [0, 0.05) is 23.9 Å². The summed E-state index contributed by atoms with van der Waals surface area (Å²) in [4.78, 5) is 6.56. The van der Waals surface area contributed by atoms with E-state index in [1.807, 2.05) is 20.3 Å². The first-order chi connectivity index (χ1) is 11.3. The molecular formula is C19H32Cl2FeN2O+. The van der Waals surface area contributed by atoms with Crippen LogP contribution in [-0.2, 0) is 24.0 Å². The van der Waals surface area contributed by atoms with Crippen molar-refractivity contribution in [3.05, 3.63) is 28.8 Å². The summed E-state index contributed by atoms with van der Waals surface area (Å²) in [7, 11) is 13.6. The van der Waals surface area contributed by atoms with E-state index in [2.05, 4.69) is 63.6 Å². The van der Waals surface area contributed by atoms with E-state index in [4.69, 9.17) is 20.2 Å². The second-order valence-corrected chi connectivity index (χ2v) is 10.2. The van der Waals surface area contributed by atoms with Gasteiger partial charge in [0.1, 0.15) is 5.75 Å². The Labute approximate surface area is 168 Å². The molecule has 25 heavy (non-hydrogen) atoms. The van der Waals surface area contributed by atoms with Gasteiger partial charge in [-0.2, -0.15) is 0 Å². The van der Waals surface area contributed by atoms with E-state index < -0.39 is 0 Å². The maximum atomic E-state index is 10.6. The molecule has 0 aromatic heterocycles. The van der Waals surface area contributed by atoms with E-state index in [9.17, 15) is 5.11 Å². The molecule has 3 nitrogen and oxygen atoms in total. The molecule has 6 heteroatoms. The number of aliphatic imine (C=N–C) groups is 1. The number of halogens is 2. The van der Waals surface area contributed by atoms with E-state index in [1.54, 1.807) is 0 Å². The molecule has 0 bridgehead atoms. The molecule has 145 valence electrons. The van der Waals surface area contributed by atoms with Crippen LogP contribution in [0.15, 0.2) is 17.1 Å². The quantitative estimate of drug-likeness (QED) is 0.516. The second-order valence-electron chi connectivity index (χ2n) is 8.35. The predicted molar refractivity (Wildman–Crippen MR) is 108 cm³/mol. The zero-order valence-electron chi connectivity index (χ0n) is 16.6. The van der Waals surface area contributed by atoms with E-state index >= 15 is 0 Å². The zero-order chi connectivity index (χ0) is 19.8. The Morgan fingerprint density at radius 1 is 1.08 bits per heavy atom. The van der Waals surface area contributed by atoms with Crippen molar-refractivity contribution in [1.82, 2.24) is 4.90 Å². The van der Waals surface area contributed by atoms with Gasteiger partial charge in [-0.3, -0.25) is 4.99 Å². The molecule has 0 fully saturated rings. The minimum absolute atomic E-state index is 0.0416. The number of hydrogen-bond acceptors (Lipinski definition) is 3. The minimum atomic E-state index is -0.0996. The first kappa shape index (κ1) is 24.7. The number of phenolic OH excluding ortho intramolecular Hbond substituents is 1. The van der Waals surface area contributed by atoms with Crippen LogP contribution in [0.4, 0.5) is 0 Å². The summed E-state index contributed by atoms with van der Waals surface area (Å²) in [5.74, 6) is 0.356. The van der Waals surface area contributed by atoms with Crippen LogP contribution in [0, 0.1) is 0 Å². The van der Waals surface area contributed by atoms with E-state index in [-0.39, 0.29) is 24.0 Å². The second kappa shape index (κ2) is 10.8. The van der Waals surface area contributed by atoms with Gasteiger partial charge >= 0.3 is 33.3 Å². The van der Waals surface area contributed by atoms with Gasteiger partial charge in [0.25, 0.3) is 0 Å². The Kier molecular flexibility index (Phi) is 10.7. The molecule has 0 aliphatic rings. The van der Waals surface area contributed by atoms with E-state index in [1.165, 1.54) is 5.56 Å². The molecule has 1 aromatic carbocycles. The van der Waals surface area contributed by atoms with Gasteiger partial charge in [0.15, 0.2) is 0 Å². The van der Waals surface area contributed by atoms with Crippen molar-refractivity contribution >= 4 is 26.4 Å². The molecular weight excluding hydrogens is 399 g/mol. The summed E-state index contributed by atoms with van der Waals surface area (Å²) in [5, 5.41) is 10.6. The molecule has 1 rings (SSSR count). The summed E-state index contributed by atoms with van der Waals surface area (Å²) >= 11 is 0.194. The van der Waals surface area contributed by atoms with Gasteiger partial charge in [-0.25, -0.2) is 0 Å². The molecule has 0 aliphatic heterocycles.